The van der Waals surface area contributed by atoms with Crippen LogP contribution in [0.5, 0.6) is 11.5 Å². The Bertz CT molecular complexity index is 1030. The molecule has 0 saturated heterocycles. The van der Waals surface area contributed by atoms with Crippen molar-refractivity contribution in [3.05, 3.63) is 53.1 Å². The topological polar surface area (TPSA) is 91.2 Å². The second kappa shape index (κ2) is 11.5. The highest BCUT2D eigenvalue weighted by Crippen LogP contribution is 2.28. The van der Waals surface area contributed by atoms with Crippen LogP contribution >= 0.6 is 11.8 Å². The van der Waals surface area contributed by atoms with Gasteiger partial charge in [0.05, 0.1) is 24.7 Å². The monoisotopic (exact) mass is 455 g/mol. The normalized spacial score (nSPS) is 10.8. The van der Waals surface area contributed by atoms with Crippen LogP contribution in [-0.2, 0) is 11.2 Å². The molecule has 0 saturated carbocycles. The maximum absolute atomic E-state index is 12.4. The average Bonchev–Trinajstić information content (AvgIpc) is 3.22. The number of aromatic nitrogens is 4. The summed E-state index contributed by atoms with van der Waals surface area (Å²) < 4.78 is 13.0. The van der Waals surface area contributed by atoms with Gasteiger partial charge in [-0.1, -0.05) is 36.0 Å². The largest absolute Gasteiger partial charge is 0.490 e. The first-order chi connectivity index (χ1) is 15.5. The summed E-state index contributed by atoms with van der Waals surface area (Å²) in [6.45, 7) is 9.60. The van der Waals surface area contributed by atoms with E-state index in [-0.39, 0.29) is 11.7 Å². The van der Waals surface area contributed by atoms with E-state index in [0.717, 1.165) is 33.9 Å². The second-order valence-corrected chi connectivity index (χ2v) is 8.09. The summed E-state index contributed by atoms with van der Waals surface area (Å²) in [6, 6.07) is 11.9. The molecule has 170 valence electrons. The Morgan fingerprint density at radius 1 is 1.06 bits per heavy atom. The number of nitrogens with zero attached hydrogens (tertiary/aromatic N) is 4. The highest BCUT2D eigenvalue weighted by atomic mass is 32.2. The van der Waals surface area contributed by atoms with E-state index in [2.05, 4.69) is 20.8 Å². The number of tetrazole rings is 1. The number of amides is 1. The SMILES string of the molecule is CCOc1ccc(CCNC(=O)CSc2nnnn2-c2c(C)cccc2C)cc1OCC. The number of para-hydroxylation sites is 1. The van der Waals surface area contributed by atoms with Gasteiger partial charge in [0, 0.05) is 6.54 Å². The summed E-state index contributed by atoms with van der Waals surface area (Å²) in [5.74, 6) is 1.63. The zero-order chi connectivity index (χ0) is 22.9. The molecule has 32 heavy (non-hydrogen) atoms. The molecule has 0 fully saturated rings. The third-order valence-corrected chi connectivity index (χ3v) is 5.69. The molecule has 3 rings (SSSR count). The van der Waals surface area contributed by atoms with Gasteiger partial charge in [-0.3, -0.25) is 4.79 Å². The fourth-order valence-corrected chi connectivity index (χ4v) is 4.03. The van der Waals surface area contributed by atoms with E-state index in [1.54, 1.807) is 4.68 Å². The van der Waals surface area contributed by atoms with Crippen molar-refractivity contribution in [2.75, 3.05) is 25.5 Å². The number of hydrogen-bond acceptors (Lipinski definition) is 7. The minimum Gasteiger partial charge on any atom is -0.490 e. The Morgan fingerprint density at radius 3 is 2.50 bits per heavy atom. The second-order valence-electron chi connectivity index (χ2n) is 7.15. The lowest BCUT2D eigenvalue weighted by Gasteiger charge is -2.13. The van der Waals surface area contributed by atoms with Crippen LogP contribution in [0.1, 0.15) is 30.5 Å². The summed E-state index contributed by atoms with van der Waals surface area (Å²) in [7, 11) is 0. The molecule has 1 N–H and O–H groups in total. The lowest BCUT2D eigenvalue weighted by atomic mass is 10.1. The molecule has 9 heteroatoms. The van der Waals surface area contributed by atoms with E-state index < -0.39 is 0 Å². The molecular weight excluding hydrogens is 426 g/mol. The summed E-state index contributed by atoms with van der Waals surface area (Å²) in [5.41, 5.74) is 4.17. The van der Waals surface area contributed by atoms with E-state index >= 15 is 0 Å². The molecule has 0 radical (unpaired) electrons. The molecule has 0 unspecified atom stereocenters. The molecule has 0 aliphatic rings. The number of thioether (sulfide) groups is 1. The van der Waals surface area contributed by atoms with Gasteiger partial charge in [-0.05, 0) is 73.4 Å². The van der Waals surface area contributed by atoms with Crippen molar-refractivity contribution in [3.8, 4) is 17.2 Å². The molecule has 1 aromatic heterocycles. The number of nitrogens with one attached hydrogen (secondary N) is 1. The van der Waals surface area contributed by atoms with Gasteiger partial charge in [-0.15, -0.1) is 5.10 Å². The van der Waals surface area contributed by atoms with E-state index in [1.165, 1.54) is 11.8 Å². The zero-order valence-electron chi connectivity index (χ0n) is 18.9. The molecule has 1 amide bonds. The number of aryl methyl sites for hydroxylation is 2. The smallest absolute Gasteiger partial charge is 0.230 e. The maximum Gasteiger partial charge on any atom is 0.230 e. The first-order valence-corrected chi connectivity index (χ1v) is 11.6. The van der Waals surface area contributed by atoms with Gasteiger partial charge in [0.15, 0.2) is 11.5 Å². The fourth-order valence-electron chi connectivity index (χ4n) is 3.33. The summed E-state index contributed by atoms with van der Waals surface area (Å²) in [5, 5.41) is 15.5. The molecule has 0 aliphatic carbocycles. The molecule has 8 nitrogen and oxygen atoms in total. The van der Waals surface area contributed by atoms with Crippen molar-refractivity contribution in [1.29, 1.82) is 0 Å². The summed E-state index contributed by atoms with van der Waals surface area (Å²) in [6.07, 6.45) is 0.697. The Balaban J connectivity index is 1.53. The lowest BCUT2D eigenvalue weighted by Crippen LogP contribution is -2.27. The van der Waals surface area contributed by atoms with Gasteiger partial charge >= 0.3 is 0 Å². The van der Waals surface area contributed by atoms with Crippen LogP contribution in [0.15, 0.2) is 41.6 Å². The third kappa shape index (κ3) is 6.00. The summed E-state index contributed by atoms with van der Waals surface area (Å²) in [4.78, 5) is 12.4. The Hall–Kier alpha value is -3.07. The highest BCUT2D eigenvalue weighted by Gasteiger charge is 2.15. The molecule has 0 aliphatic heterocycles. The van der Waals surface area contributed by atoms with Gasteiger partial charge in [-0.2, -0.15) is 4.68 Å². The molecule has 3 aromatic rings. The van der Waals surface area contributed by atoms with Crippen molar-refractivity contribution >= 4 is 17.7 Å². The minimum atomic E-state index is -0.0676. The van der Waals surface area contributed by atoms with Gasteiger partial charge < -0.3 is 14.8 Å². The predicted molar refractivity (Wildman–Crippen MR) is 125 cm³/mol. The van der Waals surface area contributed by atoms with Crippen molar-refractivity contribution in [1.82, 2.24) is 25.5 Å². The van der Waals surface area contributed by atoms with Crippen LogP contribution in [0.2, 0.25) is 0 Å². The molecule has 0 spiro atoms. The van der Waals surface area contributed by atoms with Gasteiger partial charge in [0.25, 0.3) is 0 Å². The van der Waals surface area contributed by atoms with Crippen LogP contribution in [0, 0.1) is 13.8 Å². The van der Waals surface area contributed by atoms with Crippen molar-refractivity contribution in [2.24, 2.45) is 0 Å². The Kier molecular flexibility index (Phi) is 8.49. The summed E-state index contributed by atoms with van der Waals surface area (Å²) >= 11 is 1.32. The highest BCUT2D eigenvalue weighted by molar-refractivity contribution is 7.99. The van der Waals surface area contributed by atoms with E-state index in [1.807, 2.05) is 64.1 Å². The molecular formula is C23H29N5O3S. The lowest BCUT2D eigenvalue weighted by molar-refractivity contribution is -0.118. The number of benzene rings is 2. The Labute approximate surface area is 192 Å². The fraction of sp³-hybridized carbons (Fsp3) is 0.391. The van der Waals surface area contributed by atoms with E-state index in [4.69, 9.17) is 9.47 Å². The van der Waals surface area contributed by atoms with Crippen molar-refractivity contribution in [3.63, 3.8) is 0 Å². The van der Waals surface area contributed by atoms with Crippen LogP contribution < -0.4 is 14.8 Å². The van der Waals surface area contributed by atoms with Crippen LogP contribution in [0.25, 0.3) is 5.69 Å². The third-order valence-electron chi connectivity index (χ3n) is 4.77. The van der Waals surface area contributed by atoms with Gasteiger partial charge in [0.2, 0.25) is 11.1 Å². The Morgan fingerprint density at radius 2 is 1.78 bits per heavy atom. The number of rotatable bonds is 11. The van der Waals surface area contributed by atoms with Gasteiger partial charge in [-0.25, -0.2) is 0 Å². The predicted octanol–water partition coefficient (Wildman–Crippen LogP) is 3.53. The molecule has 2 aromatic carbocycles. The standard InChI is InChI=1S/C23H29N5O3S/c1-5-30-19-11-10-18(14-20(19)31-6-2)12-13-24-21(29)15-32-23-25-26-27-28(23)22-16(3)8-7-9-17(22)4/h7-11,14H,5-6,12-13,15H2,1-4H3,(H,24,29). The number of carbonyl (C=O) groups excluding carboxylic acids is 1. The quantitative estimate of drug-likeness (QED) is 0.442. The number of carbonyl (C=O) groups is 1. The van der Waals surface area contributed by atoms with Crippen LogP contribution in [0.4, 0.5) is 0 Å². The zero-order valence-corrected chi connectivity index (χ0v) is 19.7. The first kappa shape index (κ1) is 23.6. The molecule has 0 atom stereocenters. The molecule has 0 bridgehead atoms. The molecule has 1 heterocycles. The van der Waals surface area contributed by atoms with Crippen LogP contribution in [0.3, 0.4) is 0 Å². The van der Waals surface area contributed by atoms with Gasteiger partial charge in [0.1, 0.15) is 0 Å². The van der Waals surface area contributed by atoms with E-state index in [9.17, 15) is 4.79 Å². The average molecular weight is 456 g/mol. The van der Waals surface area contributed by atoms with Crippen LogP contribution in [-0.4, -0.2) is 51.6 Å². The van der Waals surface area contributed by atoms with Crippen molar-refractivity contribution in [2.45, 2.75) is 39.3 Å². The number of hydrogen-bond donors (Lipinski definition) is 1. The van der Waals surface area contributed by atoms with Crippen molar-refractivity contribution < 1.29 is 14.3 Å². The maximum atomic E-state index is 12.4. The minimum absolute atomic E-state index is 0.0676. The number of ether oxygens (including phenoxy) is 2. The first-order valence-electron chi connectivity index (χ1n) is 10.7. The van der Waals surface area contributed by atoms with E-state index in [0.29, 0.717) is 31.3 Å².